The highest BCUT2D eigenvalue weighted by Crippen LogP contribution is 2.16. The van der Waals surface area contributed by atoms with E-state index < -0.39 is 11.3 Å². The Labute approximate surface area is 200 Å². The third-order valence-corrected chi connectivity index (χ3v) is 4.77. The maximum absolute atomic E-state index is 14.5. The van der Waals surface area contributed by atoms with E-state index in [-0.39, 0.29) is 12.3 Å². The van der Waals surface area contributed by atoms with Crippen LogP contribution in [0.15, 0.2) is 64.0 Å². The van der Waals surface area contributed by atoms with E-state index in [1.807, 2.05) is 6.08 Å². The normalized spacial score (nSPS) is 13.4. The molecule has 0 saturated heterocycles. The molecular formula is C25H34FN7O. The molecule has 0 radical (unpaired) electrons. The highest BCUT2D eigenvalue weighted by Gasteiger charge is 2.11. The second kappa shape index (κ2) is 15.8. The predicted octanol–water partition coefficient (Wildman–Crippen LogP) is 3.72. The number of rotatable bonds is 13. The number of carbonyl (C=O) groups excluding carboxylic acids is 1. The molecule has 0 saturated carbocycles. The molecular weight excluding hydrogens is 433 g/mol. The molecule has 0 spiro atoms. The summed E-state index contributed by atoms with van der Waals surface area (Å²) in [5, 5.41) is 19.2. The van der Waals surface area contributed by atoms with Gasteiger partial charge in [0.15, 0.2) is 11.3 Å². The molecule has 0 aliphatic heterocycles. The third kappa shape index (κ3) is 9.32. The van der Waals surface area contributed by atoms with E-state index in [1.165, 1.54) is 35.4 Å². The first kappa shape index (κ1) is 28.2. The van der Waals surface area contributed by atoms with Gasteiger partial charge in [0.05, 0.1) is 0 Å². The van der Waals surface area contributed by atoms with E-state index in [0.717, 1.165) is 36.8 Å². The molecule has 0 bridgehead atoms. The number of amides is 1. The SMILES string of the molecule is CCCCC/C(C=NC)=C/C(=C/C=C\NC=O)CC(=N)n1cc(C(C=NC)=CN)cc(F)c1=N. The summed E-state index contributed by atoms with van der Waals surface area (Å²) in [5.74, 6) is -0.781. The van der Waals surface area contributed by atoms with Crippen molar-refractivity contribution in [2.75, 3.05) is 14.1 Å². The number of nitrogens with one attached hydrogen (secondary N) is 3. The van der Waals surface area contributed by atoms with Crippen LogP contribution in [0.5, 0.6) is 0 Å². The number of carbonyl (C=O) groups is 1. The maximum atomic E-state index is 14.5. The number of nitrogens with two attached hydrogens (primary N) is 1. The molecule has 9 heteroatoms. The molecule has 1 aromatic rings. The zero-order chi connectivity index (χ0) is 25.3. The molecule has 0 unspecified atom stereocenters. The molecule has 0 aliphatic rings. The number of unbranched alkanes of at least 4 members (excludes halogenated alkanes) is 2. The van der Waals surface area contributed by atoms with Crippen LogP contribution in [0, 0.1) is 16.6 Å². The zero-order valence-corrected chi connectivity index (χ0v) is 20.0. The summed E-state index contributed by atoms with van der Waals surface area (Å²) in [7, 11) is 3.27. The summed E-state index contributed by atoms with van der Waals surface area (Å²) >= 11 is 0. The lowest BCUT2D eigenvalue weighted by atomic mass is 10.0. The highest BCUT2D eigenvalue weighted by atomic mass is 19.1. The van der Waals surface area contributed by atoms with Gasteiger partial charge < -0.3 is 11.1 Å². The Bertz CT molecular complexity index is 1080. The molecule has 0 aliphatic carbocycles. The van der Waals surface area contributed by atoms with Crippen LogP contribution in [0.2, 0.25) is 0 Å². The van der Waals surface area contributed by atoms with Crippen LogP contribution in [-0.2, 0) is 4.79 Å². The van der Waals surface area contributed by atoms with Crippen LogP contribution in [0.4, 0.5) is 4.39 Å². The van der Waals surface area contributed by atoms with Crippen LogP contribution in [-0.4, -0.2) is 43.3 Å². The van der Waals surface area contributed by atoms with E-state index in [4.69, 9.17) is 16.6 Å². The third-order valence-electron chi connectivity index (χ3n) is 4.77. The summed E-state index contributed by atoms with van der Waals surface area (Å²) in [6.45, 7) is 2.13. The van der Waals surface area contributed by atoms with E-state index in [2.05, 4.69) is 22.2 Å². The van der Waals surface area contributed by atoms with Gasteiger partial charge in [-0.3, -0.25) is 30.2 Å². The van der Waals surface area contributed by atoms with E-state index in [1.54, 1.807) is 32.5 Å². The predicted molar refractivity (Wildman–Crippen MR) is 138 cm³/mol. The van der Waals surface area contributed by atoms with Crippen molar-refractivity contribution < 1.29 is 9.18 Å². The Morgan fingerprint density at radius 1 is 1.24 bits per heavy atom. The van der Waals surface area contributed by atoms with E-state index >= 15 is 0 Å². The average molecular weight is 468 g/mol. The topological polar surface area (TPSA) is 132 Å². The van der Waals surface area contributed by atoms with E-state index in [0.29, 0.717) is 17.5 Å². The molecule has 182 valence electrons. The van der Waals surface area contributed by atoms with Crippen molar-refractivity contribution in [2.24, 2.45) is 15.7 Å². The Hall–Kier alpha value is -3.88. The molecule has 0 aromatic carbocycles. The van der Waals surface area contributed by atoms with Gasteiger partial charge in [-0.2, -0.15) is 0 Å². The Kier molecular flexibility index (Phi) is 13.1. The molecule has 0 atom stereocenters. The van der Waals surface area contributed by atoms with Crippen molar-refractivity contribution in [3.05, 3.63) is 70.9 Å². The molecule has 1 heterocycles. The second-order valence-corrected chi connectivity index (χ2v) is 7.38. The van der Waals surface area contributed by atoms with Gasteiger partial charge in [-0.1, -0.05) is 31.9 Å². The number of hydrogen-bond donors (Lipinski definition) is 4. The lowest BCUT2D eigenvalue weighted by molar-refractivity contribution is -0.108. The summed E-state index contributed by atoms with van der Waals surface area (Å²) < 4.78 is 15.7. The quantitative estimate of drug-likeness (QED) is 0.116. The lowest BCUT2D eigenvalue weighted by Gasteiger charge is -2.13. The Morgan fingerprint density at radius 3 is 2.59 bits per heavy atom. The van der Waals surface area contributed by atoms with Crippen molar-refractivity contribution in [1.82, 2.24) is 9.88 Å². The van der Waals surface area contributed by atoms with Gasteiger partial charge >= 0.3 is 0 Å². The van der Waals surface area contributed by atoms with Crippen molar-refractivity contribution in [3.8, 4) is 0 Å². The van der Waals surface area contributed by atoms with Crippen molar-refractivity contribution in [1.29, 1.82) is 10.8 Å². The zero-order valence-electron chi connectivity index (χ0n) is 20.0. The number of aromatic nitrogens is 1. The molecule has 1 rings (SSSR count). The van der Waals surface area contributed by atoms with Crippen molar-refractivity contribution in [2.45, 2.75) is 39.0 Å². The Balaban J connectivity index is 3.41. The number of pyridine rings is 1. The largest absolute Gasteiger partial charge is 0.404 e. The van der Waals surface area contributed by atoms with Gasteiger partial charge in [0.25, 0.3) is 0 Å². The summed E-state index contributed by atoms with van der Waals surface area (Å²) in [6, 6.07) is 1.19. The maximum Gasteiger partial charge on any atom is 0.211 e. The van der Waals surface area contributed by atoms with Crippen LogP contribution in [0.25, 0.3) is 5.57 Å². The molecule has 0 fully saturated rings. The van der Waals surface area contributed by atoms with Gasteiger partial charge in [-0.05, 0) is 36.1 Å². The van der Waals surface area contributed by atoms with Crippen LogP contribution in [0.1, 0.15) is 44.6 Å². The fourth-order valence-corrected chi connectivity index (χ4v) is 3.14. The smallest absolute Gasteiger partial charge is 0.211 e. The van der Waals surface area contributed by atoms with Crippen LogP contribution in [0.3, 0.4) is 0 Å². The monoisotopic (exact) mass is 467 g/mol. The van der Waals surface area contributed by atoms with Crippen LogP contribution < -0.4 is 16.5 Å². The number of hydrogen-bond acceptors (Lipinski definition) is 6. The number of nitrogens with zero attached hydrogens (tertiary/aromatic N) is 3. The summed E-state index contributed by atoms with van der Waals surface area (Å²) in [5.41, 5.74) is 7.82. The minimum absolute atomic E-state index is 0.00356. The molecule has 5 N–H and O–H groups in total. The summed E-state index contributed by atoms with van der Waals surface area (Å²) in [6.07, 6.45) is 17.6. The molecule has 1 aromatic heterocycles. The molecule has 34 heavy (non-hydrogen) atoms. The lowest BCUT2D eigenvalue weighted by Crippen LogP contribution is -2.29. The van der Waals surface area contributed by atoms with Gasteiger partial charge in [0.2, 0.25) is 6.41 Å². The second-order valence-electron chi connectivity index (χ2n) is 7.38. The minimum Gasteiger partial charge on any atom is -0.404 e. The van der Waals surface area contributed by atoms with Gasteiger partial charge in [0, 0.05) is 62.7 Å². The van der Waals surface area contributed by atoms with Crippen molar-refractivity contribution in [3.63, 3.8) is 0 Å². The molecule has 8 nitrogen and oxygen atoms in total. The van der Waals surface area contributed by atoms with Gasteiger partial charge in [-0.25, -0.2) is 4.39 Å². The number of aliphatic imine (C=N–C) groups is 2. The number of allylic oxidation sites excluding steroid dienone is 6. The van der Waals surface area contributed by atoms with E-state index in [9.17, 15) is 9.18 Å². The highest BCUT2D eigenvalue weighted by molar-refractivity contribution is 6.09. The summed E-state index contributed by atoms with van der Waals surface area (Å²) in [4.78, 5) is 18.6. The number of halogens is 1. The Morgan fingerprint density at radius 2 is 1.97 bits per heavy atom. The fraction of sp³-hybridized carbons (Fsp3) is 0.320. The first-order chi connectivity index (χ1) is 16.4. The van der Waals surface area contributed by atoms with Gasteiger partial charge in [-0.15, -0.1) is 0 Å². The minimum atomic E-state index is -0.777. The standard InChI is InChI=1S/C25H34FN7O/c1-4-5-6-8-20(15-30-2)11-19(9-7-10-32-18-34)12-24(28)33-17-21(13-23(26)25(33)29)22(14-27)16-31-3/h7,9-11,13-18,28-29H,4-6,8,12,27H2,1-3H3,(H,32,34)/b10-7-,19-9-,20-11-,22-14?,28-24?,29-25?,30-15?,31-16?. The molecule has 1 amide bonds. The fourth-order valence-electron chi connectivity index (χ4n) is 3.14. The first-order valence-electron chi connectivity index (χ1n) is 11.0. The van der Waals surface area contributed by atoms with Crippen LogP contribution >= 0.6 is 0 Å². The van der Waals surface area contributed by atoms with Crippen molar-refractivity contribution >= 4 is 30.2 Å². The first-order valence-corrected chi connectivity index (χ1v) is 11.0. The average Bonchev–Trinajstić information content (AvgIpc) is 2.82. The van der Waals surface area contributed by atoms with Gasteiger partial charge in [0.1, 0.15) is 5.84 Å².